The van der Waals surface area contributed by atoms with E-state index in [0.717, 1.165) is 16.6 Å². The molecule has 0 bridgehead atoms. The summed E-state index contributed by atoms with van der Waals surface area (Å²) in [5, 5.41) is 0.883. The maximum absolute atomic E-state index is 12.6. The molecule has 5 heteroatoms. The van der Waals surface area contributed by atoms with Gasteiger partial charge < -0.3 is 14.5 Å². The Hall–Kier alpha value is -3.08. The third-order valence-corrected chi connectivity index (χ3v) is 3.89. The van der Waals surface area contributed by atoms with Crippen molar-refractivity contribution in [1.82, 2.24) is 4.98 Å². The first-order valence-corrected chi connectivity index (χ1v) is 8.10. The van der Waals surface area contributed by atoms with Crippen LogP contribution in [0.1, 0.15) is 33.3 Å². The van der Waals surface area contributed by atoms with Crippen LogP contribution in [0.4, 0.5) is 0 Å². The molecule has 0 unspecified atom stereocenters. The number of hydrogen-bond acceptors (Lipinski definition) is 4. The zero-order chi connectivity index (χ0) is 17.8. The van der Waals surface area contributed by atoms with E-state index in [9.17, 15) is 9.59 Å². The van der Waals surface area contributed by atoms with Gasteiger partial charge in [-0.3, -0.25) is 4.79 Å². The average molecular weight is 337 g/mol. The zero-order valence-electron chi connectivity index (χ0n) is 14.2. The molecular weight excluding hydrogens is 318 g/mol. The van der Waals surface area contributed by atoms with Gasteiger partial charge in [-0.05, 0) is 38.1 Å². The van der Waals surface area contributed by atoms with Crippen LogP contribution in [0.25, 0.3) is 10.9 Å². The van der Waals surface area contributed by atoms with Crippen LogP contribution in [-0.2, 0) is 4.74 Å². The van der Waals surface area contributed by atoms with E-state index < -0.39 is 5.97 Å². The Labute approximate surface area is 145 Å². The van der Waals surface area contributed by atoms with Crippen molar-refractivity contribution in [2.24, 2.45) is 0 Å². The van der Waals surface area contributed by atoms with Crippen LogP contribution in [-0.4, -0.2) is 30.0 Å². The van der Waals surface area contributed by atoms with E-state index in [1.54, 1.807) is 31.2 Å². The van der Waals surface area contributed by atoms with E-state index in [1.165, 1.54) is 0 Å². The predicted molar refractivity (Wildman–Crippen MR) is 95.3 cm³/mol. The number of nitrogens with one attached hydrogen (secondary N) is 1. The normalized spacial score (nSPS) is 10.6. The molecule has 5 nitrogen and oxygen atoms in total. The maximum Gasteiger partial charge on any atom is 0.338 e. The predicted octanol–water partition coefficient (Wildman–Crippen LogP) is 3.91. The smallest absolute Gasteiger partial charge is 0.338 e. The van der Waals surface area contributed by atoms with Gasteiger partial charge in [0.05, 0.1) is 12.2 Å². The van der Waals surface area contributed by atoms with Crippen LogP contribution in [0.15, 0.2) is 48.5 Å². The molecule has 3 rings (SSSR count). The van der Waals surface area contributed by atoms with Gasteiger partial charge in [-0.25, -0.2) is 4.79 Å². The molecule has 1 aromatic heterocycles. The van der Waals surface area contributed by atoms with Crippen LogP contribution < -0.4 is 4.74 Å². The lowest BCUT2D eigenvalue weighted by molar-refractivity contribution is 0.0526. The molecule has 1 heterocycles. The van der Waals surface area contributed by atoms with Gasteiger partial charge in [0.1, 0.15) is 5.75 Å². The Balaban J connectivity index is 1.75. The van der Waals surface area contributed by atoms with E-state index >= 15 is 0 Å². The molecule has 0 aliphatic heterocycles. The number of ether oxygens (including phenoxy) is 2. The number of aromatic amines is 1. The Morgan fingerprint density at radius 3 is 2.68 bits per heavy atom. The zero-order valence-corrected chi connectivity index (χ0v) is 14.2. The summed E-state index contributed by atoms with van der Waals surface area (Å²) in [4.78, 5) is 27.6. The van der Waals surface area contributed by atoms with E-state index in [2.05, 4.69) is 4.98 Å². The number of aryl methyl sites for hydroxylation is 1. The van der Waals surface area contributed by atoms with Crippen molar-refractivity contribution in [1.29, 1.82) is 0 Å². The fourth-order valence-corrected chi connectivity index (χ4v) is 2.78. The number of Topliss-reactive ketones (excluding diaryl/α,β-unsaturated/α-hetero) is 1. The summed E-state index contributed by atoms with van der Waals surface area (Å²) in [6.45, 7) is 3.83. The standard InChI is InChI=1S/C20H19NO4/c1-3-24-20(23)14-7-6-8-15(11-14)25-12-18(22)19-13(2)21-17-10-5-4-9-16(17)19/h4-11,21H,3,12H2,1-2H3. The molecule has 2 aromatic carbocycles. The lowest BCUT2D eigenvalue weighted by Crippen LogP contribution is -2.13. The molecule has 128 valence electrons. The third kappa shape index (κ3) is 3.55. The van der Waals surface area contributed by atoms with Gasteiger partial charge in [0.2, 0.25) is 5.78 Å². The Kier molecular flexibility index (Phi) is 4.84. The van der Waals surface area contributed by atoms with Gasteiger partial charge >= 0.3 is 5.97 Å². The number of para-hydroxylation sites is 1. The molecule has 3 aromatic rings. The fraction of sp³-hybridized carbons (Fsp3) is 0.200. The van der Waals surface area contributed by atoms with Crippen molar-refractivity contribution < 1.29 is 19.1 Å². The lowest BCUT2D eigenvalue weighted by Gasteiger charge is -2.08. The van der Waals surface area contributed by atoms with E-state index in [-0.39, 0.29) is 12.4 Å². The summed E-state index contributed by atoms with van der Waals surface area (Å²) in [7, 11) is 0. The number of fused-ring (bicyclic) bond motifs is 1. The number of carbonyl (C=O) groups is 2. The van der Waals surface area contributed by atoms with Crippen molar-refractivity contribution in [3.8, 4) is 5.75 Å². The Morgan fingerprint density at radius 2 is 1.88 bits per heavy atom. The highest BCUT2D eigenvalue weighted by Crippen LogP contribution is 2.23. The SMILES string of the molecule is CCOC(=O)c1cccc(OCC(=O)c2c(C)[nH]c3ccccc23)c1. The highest BCUT2D eigenvalue weighted by atomic mass is 16.5. The first kappa shape index (κ1) is 16.8. The van der Waals surface area contributed by atoms with Crippen LogP contribution in [0.2, 0.25) is 0 Å². The highest BCUT2D eigenvalue weighted by Gasteiger charge is 2.16. The number of rotatable bonds is 6. The molecular formula is C20H19NO4. The molecule has 0 atom stereocenters. The number of hydrogen-bond donors (Lipinski definition) is 1. The minimum Gasteiger partial charge on any atom is -0.485 e. The van der Waals surface area contributed by atoms with Crippen molar-refractivity contribution in [2.45, 2.75) is 13.8 Å². The molecule has 0 fully saturated rings. The number of H-pyrrole nitrogens is 1. The molecule has 0 aliphatic rings. The molecule has 1 N–H and O–H groups in total. The number of benzene rings is 2. The molecule has 0 aliphatic carbocycles. The van der Waals surface area contributed by atoms with Crippen LogP contribution >= 0.6 is 0 Å². The summed E-state index contributed by atoms with van der Waals surface area (Å²) in [5.74, 6) is -0.0698. The second kappa shape index (κ2) is 7.21. The summed E-state index contributed by atoms with van der Waals surface area (Å²) < 4.78 is 10.6. The van der Waals surface area contributed by atoms with Gasteiger partial charge in [0.15, 0.2) is 6.61 Å². The van der Waals surface area contributed by atoms with Crippen molar-refractivity contribution in [2.75, 3.05) is 13.2 Å². The summed E-state index contributed by atoms with van der Waals surface area (Å²) >= 11 is 0. The van der Waals surface area contributed by atoms with Gasteiger partial charge in [-0.2, -0.15) is 0 Å². The Bertz CT molecular complexity index is 926. The number of ketones is 1. The van der Waals surface area contributed by atoms with Gasteiger partial charge in [0, 0.05) is 22.2 Å². The van der Waals surface area contributed by atoms with Crippen LogP contribution in [0.5, 0.6) is 5.75 Å². The second-order valence-corrected chi connectivity index (χ2v) is 5.63. The quantitative estimate of drug-likeness (QED) is 0.547. The van der Waals surface area contributed by atoms with Crippen LogP contribution in [0.3, 0.4) is 0 Å². The molecule has 0 saturated carbocycles. The van der Waals surface area contributed by atoms with E-state index in [0.29, 0.717) is 23.5 Å². The molecule has 0 amide bonds. The largest absolute Gasteiger partial charge is 0.485 e. The molecule has 0 saturated heterocycles. The fourth-order valence-electron chi connectivity index (χ4n) is 2.78. The minimum atomic E-state index is -0.410. The second-order valence-electron chi connectivity index (χ2n) is 5.63. The van der Waals surface area contributed by atoms with Gasteiger partial charge in [-0.15, -0.1) is 0 Å². The highest BCUT2D eigenvalue weighted by molar-refractivity contribution is 6.09. The minimum absolute atomic E-state index is 0.102. The Morgan fingerprint density at radius 1 is 1.08 bits per heavy atom. The monoisotopic (exact) mass is 337 g/mol. The number of carbonyl (C=O) groups excluding carboxylic acids is 2. The molecule has 0 radical (unpaired) electrons. The average Bonchev–Trinajstić information content (AvgIpc) is 2.96. The van der Waals surface area contributed by atoms with Crippen molar-refractivity contribution in [3.05, 3.63) is 65.4 Å². The summed E-state index contributed by atoms with van der Waals surface area (Å²) in [5.41, 5.74) is 2.77. The number of aromatic nitrogens is 1. The summed E-state index contributed by atoms with van der Waals surface area (Å²) in [6.07, 6.45) is 0. The first-order chi connectivity index (χ1) is 12.1. The summed E-state index contributed by atoms with van der Waals surface area (Å²) in [6, 6.07) is 14.3. The number of esters is 1. The van der Waals surface area contributed by atoms with Gasteiger partial charge in [0.25, 0.3) is 0 Å². The van der Waals surface area contributed by atoms with Crippen molar-refractivity contribution >= 4 is 22.7 Å². The molecule has 25 heavy (non-hydrogen) atoms. The van der Waals surface area contributed by atoms with Crippen molar-refractivity contribution in [3.63, 3.8) is 0 Å². The first-order valence-electron chi connectivity index (χ1n) is 8.10. The van der Waals surface area contributed by atoms with Crippen LogP contribution in [0, 0.1) is 6.92 Å². The lowest BCUT2D eigenvalue weighted by atomic mass is 10.1. The van der Waals surface area contributed by atoms with E-state index in [4.69, 9.17) is 9.47 Å². The third-order valence-electron chi connectivity index (χ3n) is 3.89. The maximum atomic E-state index is 12.6. The molecule has 0 spiro atoms. The topological polar surface area (TPSA) is 68.4 Å². The van der Waals surface area contributed by atoms with Gasteiger partial charge in [-0.1, -0.05) is 24.3 Å². The van der Waals surface area contributed by atoms with E-state index in [1.807, 2.05) is 31.2 Å².